The van der Waals surface area contributed by atoms with Crippen LogP contribution < -0.4 is 10.2 Å². The van der Waals surface area contributed by atoms with Crippen molar-refractivity contribution in [3.05, 3.63) is 56.5 Å². The van der Waals surface area contributed by atoms with Crippen LogP contribution in [0, 0.1) is 13.8 Å². The fourth-order valence-electron chi connectivity index (χ4n) is 2.06. The van der Waals surface area contributed by atoms with E-state index < -0.39 is 5.91 Å². The summed E-state index contributed by atoms with van der Waals surface area (Å²) in [4.78, 5) is 11.7. The van der Waals surface area contributed by atoms with E-state index in [2.05, 4.69) is 26.5 Å². The molecule has 0 atom stereocenters. The van der Waals surface area contributed by atoms with Gasteiger partial charge in [0.05, 0.1) is 10.7 Å². The molecule has 2 aromatic carbocycles. The van der Waals surface area contributed by atoms with Crippen LogP contribution in [0.15, 0.2) is 39.9 Å². The van der Waals surface area contributed by atoms with Crippen molar-refractivity contribution < 1.29 is 14.6 Å². The first-order chi connectivity index (χ1) is 11.3. The Morgan fingerprint density at radius 3 is 2.62 bits per heavy atom. The minimum absolute atomic E-state index is 0.0103. The zero-order chi connectivity index (χ0) is 17.7. The molecule has 0 aromatic heterocycles. The lowest BCUT2D eigenvalue weighted by Crippen LogP contribution is -2.24. The largest absolute Gasteiger partial charge is 0.506 e. The number of nitrogens with zero attached hydrogens (tertiary/aromatic N) is 1. The second-order valence-corrected chi connectivity index (χ2v) is 6.52. The van der Waals surface area contributed by atoms with E-state index in [9.17, 15) is 9.90 Å². The Hall–Kier alpha value is -2.05. The number of hydrogen-bond acceptors (Lipinski definition) is 4. The first kappa shape index (κ1) is 18.3. The number of rotatable bonds is 5. The average Bonchev–Trinajstić information content (AvgIpc) is 2.49. The van der Waals surface area contributed by atoms with Gasteiger partial charge in [-0.1, -0.05) is 17.7 Å². The van der Waals surface area contributed by atoms with Crippen LogP contribution in [-0.4, -0.2) is 23.8 Å². The summed E-state index contributed by atoms with van der Waals surface area (Å²) < 4.78 is 5.88. The summed E-state index contributed by atoms with van der Waals surface area (Å²) in [5, 5.41) is 14.1. The van der Waals surface area contributed by atoms with Crippen LogP contribution in [0.1, 0.15) is 16.7 Å². The maximum absolute atomic E-state index is 11.7. The number of phenolic OH excluding ortho intramolecular Hbond substituents is 1. The van der Waals surface area contributed by atoms with Crippen molar-refractivity contribution in [1.29, 1.82) is 0 Å². The highest BCUT2D eigenvalue weighted by molar-refractivity contribution is 9.10. The molecule has 126 valence electrons. The molecule has 0 heterocycles. The van der Waals surface area contributed by atoms with Crippen LogP contribution in [0.3, 0.4) is 0 Å². The van der Waals surface area contributed by atoms with Crippen molar-refractivity contribution in [2.45, 2.75) is 13.8 Å². The first-order valence-corrected chi connectivity index (χ1v) is 8.23. The number of halogens is 2. The Balaban J connectivity index is 1.91. The molecule has 0 aliphatic carbocycles. The summed E-state index contributed by atoms with van der Waals surface area (Å²) in [7, 11) is 0. The first-order valence-electron chi connectivity index (χ1n) is 7.06. The molecule has 7 heteroatoms. The summed E-state index contributed by atoms with van der Waals surface area (Å²) in [5.41, 5.74) is 4.83. The molecule has 0 fully saturated rings. The number of phenols is 1. The molecule has 5 nitrogen and oxygen atoms in total. The third-order valence-corrected chi connectivity index (χ3v) is 3.84. The van der Waals surface area contributed by atoms with Gasteiger partial charge in [-0.3, -0.25) is 4.79 Å². The molecule has 0 spiro atoms. The quantitative estimate of drug-likeness (QED) is 0.578. The predicted molar refractivity (Wildman–Crippen MR) is 98.0 cm³/mol. The van der Waals surface area contributed by atoms with E-state index in [1.807, 2.05) is 32.0 Å². The number of hydrazone groups is 1. The fourth-order valence-corrected chi connectivity index (χ4v) is 2.89. The minimum Gasteiger partial charge on any atom is -0.506 e. The molecule has 0 aliphatic rings. The van der Waals surface area contributed by atoms with E-state index in [0.29, 0.717) is 20.8 Å². The number of carbonyl (C=O) groups excluding carboxylic acids is 1. The standard InChI is InChI=1S/C17H16BrClN2O3/c1-10-3-11(2)5-14(4-10)24-9-16(22)21-20-8-12-6-13(19)7-15(18)17(12)23/h3-8,23H,9H2,1-2H3,(H,21,22). The Labute approximate surface area is 153 Å². The lowest BCUT2D eigenvalue weighted by molar-refractivity contribution is -0.123. The lowest BCUT2D eigenvalue weighted by atomic mass is 10.1. The smallest absolute Gasteiger partial charge is 0.277 e. The number of aromatic hydroxyl groups is 1. The van der Waals surface area contributed by atoms with E-state index >= 15 is 0 Å². The van der Waals surface area contributed by atoms with Gasteiger partial charge in [0, 0.05) is 10.6 Å². The van der Waals surface area contributed by atoms with Crippen LogP contribution >= 0.6 is 27.5 Å². The molecule has 2 aromatic rings. The molecule has 2 rings (SSSR count). The molecule has 0 unspecified atom stereocenters. The highest BCUT2D eigenvalue weighted by atomic mass is 79.9. The van der Waals surface area contributed by atoms with E-state index in [1.165, 1.54) is 12.3 Å². The molecular formula is C17H16BrClN2O3. The molecule has 0 saturated carbocycles. The van der Waals surface area contributed by atoms with Crippen LogP contribution in [0.25, 0.3) is 0 Å². The van der Waals surface area contributed by atoms with E-state index in [-0.39, 0.29) is 12.4 Å². The van der Waals surface area contributed by atoms with Gasteiger partial charge in [-0.25, -0.2) is 5.43 Å². The number of nitrogens with one attached hydrogen (secondary N) is 1. The monoisotopic (exact) mass is 410 g/mol. The number of benzene rings is 2. The van der Waals surface area contributed by atoms with Crippen LogP contribution in [0.5, 0.6) is 11.5 Å². The van der Waals surface area contributed by atoms with Gasteiger partial charge >= 0.3 is 0 Å². The summed E-state index contributed by atoms with van der Waals surface area (Å²) in [6.45, 7) is 3.76. The summed E-state index contributed by atoms with van der Waals surface area (Å²) >= 11 is 9.07. The number of amides is 1. The van der Waals surface area contributed by atoms with Gasteiger partial charge in [0.1, 0.15) is 11.5 Å². The van der Waals surface area contributed by atoms with Crippen molar-refractivity contribution in [3.8, 4) is 11.5 Å². The van der Waals surface area contributed by atoms with Crippen molar-refractivity contribution in [1.82, 2.24) is 5.43 Å². The highest BCUT2D eigenvalue weighted by Crippen LogP contribution is 2.30. The normalized spacial score (nSPS) is 10.8. The van der Waals surface area contributed by atoms with Gasteiger partial charge in [-0.05, 0) is 65.2 Å². The predicted octanol–water partition coefficient (Wildman–Crippen LogP) is 3.95. The summed E-state index contributed by atoms with van der Waals surface area (Å²) in [5.74, 6) is 0.206. The molecule has 2 N–H and O–H groups in total. The molecule has 0 saturated heterocycles. The average molecular weight is 412 g/mol. The SMILES string of the molecule is Cc1cc(C)cc(OCC(=O)NN=Cc2cc(Cl)cc(Br)c2O)c1. The summed E-state index contributed by atoms with van der Waals surface area (Å²) in [6, 6.07) is 8.82. The molecule has 24 heavy (non-hydrogen) atoms. The second-order valence-electron chi connectivity index (χ2n) is 5.23. The third kappa shape index (κ3) is 5.25. The molecule has 0 aliphatic heterocycles. The van der Waals surface area contributed by atoms with Gasteiger partial charge in [0.25, 0.3) is 5.91 Å². The van der Waals surface area contributed by atoms with Crippen LogP contribution in [0.2, 0.25) is 5.02 Å². The second kappa shape index (κ2) is 8.17. The van der Waals surface area contributed by atoms with Crippen molar-refractivity contribution >= 4 is 39.7 Å². The minimum atomic E-state index is -0.411. The maximum atomic E-state index is 11.7. The van der Waals surface area contributed by atoms with E-state index in [1.54, 1.807) is 6.07 Å². The number of aryl methyl sites for hydroxylation is 2. The van der Waals surface area contributed by atoms with Gasteiger partial charge in [-0.15, -0.1) is 0 Å². The Kier molecular flexibility index (Phi) is 6.23. The number of ether oxygens (including phenoxy) is 1. The van der Waals surface area contributed by atoms with Crippen molar-refractivity contribution in [2.75, 3.05) is 6.61 Å². The van der Waals surface area contributed by atoms with Crippen molar-refractivity contribution in [2.24, 2.45) is 5.10 Å². The summed E-state index contributed by atoms with van der Waals surface area (Å²) in [6.07, 6.45) is 1.31. The van der Waals surface area contributed by atoms with Gasteiger partial charge in [0.2, 0.25) is 0 Å². The molecule has 0 radical (unpaired) electrons. The zero-order valence-corrected chi connectivity index (χ0v) is 15.5. The van der Waals surface area contributed by atoms with E-state index in [4.69, 9.17) is 16.3 Å². The lowest BCUT2D eigenvalue weighted by Gasteiger charge is -2.07. The van der Waals surface area contributed by atoms with Gasteiger partial charge < -0.3 is 9.84 Å². The molecule has 1 amide bonds. The van der Waals surface area contributed by atoms with Crippen LogP contribution in [-0.2, 0) is 4.79 Å². The van der Waals surface area contributed by atoms with Gasteiger partial charge in [0.15, 0.2) is 6.61 Å². The maximum Gasteiger partial charge on any atom is 0.277 e. The molecular weight excluding hydrogens is 396 g/mol. The topological polar surface area (TPSA) is 70.9 Å². The van der Waals surface area contributed by atoms with Crippen LogP contribution in [0.4, 0.5) is 0 Å². The Morgan fingerprint density at radius 1 is 1.29 bits per heavy atom. The fraction of sp³-hybridized carbons (Fsp3) is 0.176. The van der Waals surface area contributed by atoms with E-state index in [0.717, 1.165) is 11.1 Å². The van der Waals surface area contributed by atoms with Crippen molar-refractivity contribution in [3.63, 3.8) is 0 Å². The number of hydrogen-bond donors (Lipinski definition) is 2. The highest BCUT2D eigenvalue weighted by Gasteiger charge is 2.06. The Morgan fingerprint density at radius 2 is 1.96 bits per heavy atom. The van der Waals surface area contributed by atoms with Gasteiger partial charge in [-0.2, -0.15) is 5.10 Å². The zero-order valence-electron chi connectivity index (χ0n) is 13.1. The molecule has 0 bridgehead atoms. The third-order valence-electron chi connectivity index (χ3n) is 3.02. The Bertz CT molecular complexity index is 773. The number of carbonyl (C=O) groups is 1.